The van der Waals surface area contributed by atoms with Gasteiger partial charge in [-0.2, -0.15) is 0 Å². The standard InChI is InChI=1S/C20H30N2O2.ClH/c1-14-5-3-8-19(9-14)24-13-16-6-4-7-18(10-16)22-20(23)15(2)17-11-21-12-17;/h4,6-7,10,14-15,17,19,21H,3,5,8-9,11-13H2,1-2H3,(H,22,23);1H. The van der Waals surface area contributed by atoms with Gasteiger partial charge in [0.2, 0.25) is 5.91 Å². The molecule has 1 saturated carbocycles. The highest BCUT2D eigenvalue weighted by atomic mass is 35.5. The molecule has 4 nitrogen and oxygen atoms in total. The van der Waals surface area contributed by atoms with E-state index in [2.05, 4.69) is 23.6 Å². The van der Waals surface area contributed by atoms with Crippen LogP contribution in [0, 0.1) is 17.8 Å². The minimum atomic E-state index is 0. The Morgan fingerprint density at radius 2 is 2.16 bits per heavy atom. The van der Waals surface area contributed by atoms with Crippen LogP contribution in [0.1, 0.15) is 45.1 Å². The van der Waals surface area contributed by atoms with Gasteiger partial charge < -0.3 is 15.4 Å². The Labute approximate surface area is 157 Å². The van der Waals surface area contributed by atoms with Crippen LogP contribution in [0.5, 0.6) is 0 Å². The molecule has 2 fully saturated rings. The Bertz CT molecular complexity index is 562. The van der Waals surface area contributed by atoms with E-state index in [1.54, 1.807) is 0 Å². The lowest BCUT2D eigenvalue weighted by Crippen LogP contribution is -2.48. The van der Waals surface area contributed by atoms with E-state index < -0.39 is 0 Å². The number of amides is 1. The second-order valence-electron chi connectivity index (χ2n) is 7.60. The molecule has 140 valence electrons. The summed E-state index contributed by atoms with van der Waals surface area (Å²) in [6.45, 7) is 6.84. The van der Waals surface area contributed by atoms with E-state index in [1.165, 1.54) is 25.7 Å². The molecule has 3 rings (SSSR count). The smallest absolute Gasteiger partial charge is 0.227 e. The molecular weight excluding hydrogens is 336 g/mol. The van der Waals surface area contributed by atoms with Gasteiger partial charge >= 0.3 is 0 Å². The van der Waals surface area contributed by atoms with Crippen molar-refractivity contribution in [2.45, 2.75) is 52.2 Å². The number of hydrogen-bond acceptors (Lipinski definition) is 3. The molecule has 0 spiro atoms. The van der Waals surface area contributed by atoms with Gasteiger partial charge in [0.1, 0.15) is 0 Å². The van der Waals surface area contributed by atoms with Gasteiger partial charge in [-0.25, -0.2) is 0 Å². The van der Waals surface area contributed by atoms with Gasteiger partial charge in [-0.1, -0.05) is 38.8 Å². The maximum atomic E-state index is 12.3. The zero-order chi connectivity index (χ0) is 16.9. The summed E-state index contributed by atoms with van der Waals surface area (Å²) in [4.78, 5) is 12.3. The fraction of sp³-hybridized carbons (Fsp3) is 0.650. The summed E-state index contributed by atoms with van der Waals surface area (Å²) in [5, 5.41) is 6.28. The molecule has 1 aliphatic heterocycles. The molecule has 5 heteroatoms. The first kappa shape index (κ1) is 20.2. The lowest BCUT2D eigenvalue weighted by Gasteiger charge is -2.31. The molecule has 25 heavy (non-hydrogen) atoms. The minimum Gasteiger partial charge on any atom is -0.374 e. The van der Waals surface area contributed by atoms with Crippen LogP contribution in [0.15, 0.2) is 24.3 Å². The Kier molecular flexibility index (Phi) is 7.73. The van der Waals surface area contributed by atoms with Crippen molar-refractivity contribution in [2.75, 3.05) is 18.4 Å². The van der Waals surface area contributed by atoms with Crippen molar-refractivity contribution in [1.82, 2.24) is 5.32 Å². The molecule has 1 aliphatic carbocycles. The van der Waals surface area contributed by atoms with Crippen LogP contribution in [0.4, 0.5) is 5.69 Å². The quantitative estimate of drug-likeness (QED) is 0.800. The maximum absolute atomic E-state index is 12.3. The van der Waals surface area contributed by atoms with E-state index in [0.29, 0.717) is 18.6 Å². The Morgan fingerprint density at radius 3 is 2.84 bits per heavy atom. The van der Waals surface area contributed by atoms with E-state index in [1.807, 2.05) is 25.1 Å². The molecular formula is C20H31ClN2O2. The second-order valence-corrected chi connectivity index (χ2v) is 7.60. The molecule has 1 saturated heterocycles. The van der Waals surface area contributed by atoms with Gasteiger partial charge in [0.05, 0.1) is 12.7 Å². The number of benzene rings is 1. The van der Waals surface area contributed by atoms with Crippen LogP contribution in [0.2, 0.25) is 0 Å². The fourth-order valence-corrected chi connectivity index (χ4v) is 3.62. The number of ether oxygens (including phenoxy) is 1. The molecule has 2 aliphatic rings. The lowest BCUT2D eigenvalue weighted by molar-refractivity contribution is -0.121. The van der Waals surface area contributed by atoms with E-state index in [0.717, 1.165) is 30.3 Å². The SMILES string of the molecule is CC1CCCC(OCc2cccc(NC(=O)C(C)C3CNC3)c2)C1.Cl. The van der Waals surface area contributed by atoms with Gasteiger partial charge in [0, 0.05) is 11.6 Å². The van der Waals surface area contributed by atoms with Crippen molar-refractivity contribution in [2.24, 2.45) is 17.8 Å². The zero-order valence-electron chi connectivity index (χ0n) is 15.3. The molecule has 3 atom stereocenters. The van der Waals surface area contributed by atoms with Crippen molar-refractivity contribution in [1.29, 1.82) is 0 Å². The van der Waals surface area contributed by atoms with E-state index in [9.17, 15) is 4.79 Å². The average Bonchev–Trinajstić information content (AvgIpc) is 2.52. The van der Waals surface area contributed by atoms with Gasteiger partial charge in [-0.3, -0.25) is 4.79 Å². The Hall–Kier alpha value is -1.10. The first-order chi connectivity index (χ1) is 11.6. The lowest BCUT2D eigenvalue weighted by atomic mass is 9.88. The third-order valence-electron chi connectivity index (χ3n) is 5.50. The minimum absolute atomic E-state index is 0. The Morgan fingerprint density at radius 1 is 1.36 bits per heavy atom. The maximum Gasteiger partial charge on any atom is 0.227 e. The summed E-state index contributed by atoms with van der Waals surface area (Å²) in [7, 11) is 0. The number of anilines is 1. The number of hydrogen-bond donors (Lipinski definition) is 2. The zero-order valence-corrected chi connectivity index (χ0v) is 16.1. The third-order valence-corrected chi connectivity index (χ3v) is 5.50. The van der Waals surface area contributed by atoms with Crippen molar-refractivity contribution >= 4 is 24.0 Å². The highest BCUT2D eigenvalue weighted by Gasteiger charge is 2.28. The molecule has 2 N–H and O–H groups in total. The van der Waals surface area contributed by atoms with E-state index in [4.69, 9.17) is 4.74 Å². The summed E-state index contributed by atoms with van der Waals surface area (Å²) in [6.07, 6.45) is 5.33. The van der Waals surface area contributed by atoms with Gasteiger partial charge in [0.15, 0.2) is 0 Å². The average molecular weight is 367 g/mol. The van der Waals surface area contributed by atoms with Crippen molar-refractivity contribution < 1.29 is 9.53 Å². The van der Waals surface area contributed by atoms with Crippen LogP contribution in [-0.2, 0) is 16.1 Å². The third kappa shape index (κ3) is 5.70. The number of carbonyl (C=O) groups excluding carboxylic acids is 1. The normalized spacial score (nSPS) is 24.7. The van der Waals surface area contributed by atoms with E-state index in [-0.39, 0.29) is 24.2 Å². The first-order valence-electron chi connectivity index (χ1n) is 9.34. The number of nitrogens with one attached hydrogen (secondary N) is 2. The number of rotatable bonds is 6. The number of carbonyl (C=O) groups is 1. The van der Waals surface area contributed by atoms with Crippen LogP contribution < -0.4 is 10.6 Å². The van der Waals surface area contributed by atoms with Crippen LogP contribution in [0.25, 0.3) is 0 Å². The molecule has 1 aromatic rings. The van der Waals surface area contributed by atoms with Crippen LogP contribution in [0.3, 0.4) is 0 Å². The monoisotopic (exact) mass is 366 g/mol. The molecule has 1 heterocycles. The Balaban J connectivity index is 0.00000225. The molecule has 0 radical (unpaired) electrons. The predicted molar refractivity (Wildman–Crippen MR) is 104 cm³/mol. The highest BCUT2D eigenvalue weighted by molar-refractivity contribution is 5.92. The predicted octanol–water partition coefficient (Wildman–Crippen LogP) is 4.00. The molecule has 3 unspecified atom stereocenters. The van der Waals surface area contributed by atoms with Gasteiger partial charge in [-0.05, 0) is 55.5 Å². The fourth-order valence-electron chi connectivity index (χ4n) is 3.62. The summed E-state index contributed by atoms with van der Waals surface area (Å²) in [5.41, 5.74) is 2.00. The van der Waals surface area contributed by atoms with Crippen molar-refractivity contribution in [3.05, 3.63) is 29.8 Å². The van der Waals surface area contributed by atoms with Crippen molar-refractivity contribution in [3.63, 3.8) is 0 Å². The van der Waals surface area contributed by atoms with Gasteiger partial charge in [0.25, 0.3) is 0 Å². The van der Waals surface area contributed by atoms with Crippen molar-refractivity contribution in [3.8, 4) is 0 Å². The highest BCUT2D eigenvalue weighted by Crippen LogP contribution is 2.26. The van der Waals surface area contributed by atoms with E-state index >= 15 is 0 Å². The molecule has 0 aromatic heterocycles. The van der Waals surface area contributed by atoms with Crippen LogP contribution in [-0.4, -0.2) is 25.1 Å². The molecule has 0 bridgehead atoms. The largest absolute Gasteiger partial charge is 0.374 e. The number of halogens is 1. The topological polar surface area (TPSA) is 50.4 Å². The summed E-state index contributed by atoms with van der Waals surface area (Å²) in [6, 6.07) is 8.06. The second kappa shape index (κ2) is 9.56. The molecule has 1 amide bonds. The summed E-state index contributed by atoms with van der Waals surface area (Å²) in [5.74, 6) is 1.40. The van der Waals surface area contributed by atoms with Gasteiger partial charge in [-0.15, -0.1) is 12.4 Å². The summed E-state index contributed by atoms with van der Waals surface area (Å²) >= 11 is 0. The molecule has 1 aromatic carbocycles. The van der Waals surface area contributed by atoms with Crippen LogP contribution >= 0.6 is 12.4 Å². The summed E-state index contributed by atoms with van der Waals surface area (Å²) < 4.78 is 6.09. The first-order valence-corrected chi connectivity index (χ1v) is 9.34.